The minimum Gasteiger partial charge on any atom is -0.324 e. The zero-order valence-electron chi connectivity index (χ0n) is 9.69. The van der Waals surface area contributed by atoms with E-state index < -0.39 is 7.60 Å². The first-order chi connectivity index (χ1) is 7.64. The second-order valence-electron chi connectivity index (χ2n) is 4.75. The van der Waals surface area contributed by atoms with Gasteiger partial charge in [0.25, 0.3) is 0 Å². The van der Waals surface area contributed by atoms with Crippen LogP contribution in [0, 0.1) is 29.6 Å². The second kappa shape index (κ2) is 4.92. The van der Waals surface area contributed by atoms with Crippen LogP contribution in [-0.4, -0.2) is 18.2 Å². The van der Waals surface area contributed by atoms with E-state index in [-0.39, 0.29) is 0 Å². The highest BCUT2D eigenvalue weighted by molar-refractivity contribution is 7.52. The summed E-state index contributed by atoms with van der Waals surface area (Å²) in [7, 11) is -1.98. The SMILES string of the molecule is COP(=O)(O)CCC1C2CCC#CCCC21. The zero-order valence-corrected chi connectivity index (χ0v) is 10.6. The molecule has 0 aromatic rings. The van der Waals surface area contributed by atoms with Crippen LogP contribution in [-0.2, 0) is 9.09 Å². The fourth-order valence-corrected chi connectivity index (χ4v) is 3.67. The summed E-state index contributed by atoms with van der Waals surface area (Å²) in [5.41, 5.74) is 0. The van der Waals surface area contributed by atoms with Crippen LogP contribution in [0.15, 0.2) is 0 Å². The Morgan fingerprint density at radius 3 is 2.38 bits per heavy atom. The van der Waals surface area contributed by atoms with Gasteiger partial charge in [0.2, 0.25) is 0 Å². The molecule has 3 unspecified atom stereocenters. The molecule has 0 aromatic heterocycles. The second-order valence-corrected chi connectivity index (χ2v) is 6.84. The fourth-order valence-electron chi connectivity index (χ4n) is 2.87. The Labute approximate surface area is 97.1 Å². The third-order valence-electron chi connectivity index (χ3n) is 3.87. The van der Waals surface area contributed by atoms with E-state index in [1.165, 1.54) is 20.0 Å². The summed E-state index contributed by atoms with van der Waals surface area (Å²) in [5.74, 6) is 8.49. The first-order valence-electron chi connectivity index (χ1n) is 5.97. The van der Waals surface area contributed by atoms with E-state index in [1.807, 2.05) is 0 Å². The monoisotopic (exact) mass is 242 g/mol. The molecule has 1 fully saturated rings. The molecule has 2 rings (SSSR count). The lowest BCUT2D eigenvalue weighted by Crippen LogP contribution is -1.94. The summed E-state index contributed by atoms with van der Waals surface area (Å²) in [5, 5.41) is 0. The van der Waals surface area contributed by atoms with Gasteiger partial charge in [-0.1, -0.05) is 0 Å². The van der Waals surface area contributed by atoms with E-state index in [9.17, 15) is 9.46 Å². The van der Waals surface area contributed by atoms with Gasteiger partial charge in [-0.05, 0) is 37.0 Å². The van der Waals surface area contributed by atoms with E-state index in [0.717, 1.165) is 31.1 Å². The third kappa shape index (κ3) is 2.88. The van der Waals surface area contributed by atoms with Gasteiger partial charge in [0.1, 0.15) is 0 Å². The molecule has 3 atom stereocenters. The minimum atomic E-state index is -3.29. The normalized spacial score (nSPS) is 36.0. The van der Waals surface area contributed by atoms with Crippen LogP contribution in [0.4, 0.5) is 0 Å². The number of hydrogen-bond acceptors (Lipinski definition) is 2. The summed E-state index contributed by atoms with van der Waals surface area (Å²) in [6, 6.07) is 0. The van der Waals surface area contributed by atoms with Crippen LogP contribution in [0.25, 0.3) is 0 Å². The molecule has 0 spiro atoms. The quantitative estimate of drug-likeness (QED) is 0.609. The van der Waals surface area contributed by atoms with Crippen molar-refractivity contribution in [1.29, 1.82) is 0 Å². The van der Waals surface area contributed by atoms with Gasteiger partial charge in [0.15, 0.2) is 0 Å². The van der Waals surface area contributed by atoms with Crippen LogP contribution >= 0.6 is 7.60 Å². The van der Waals surface area contributed by atoms with Crippen molar-refractivity contribution < 1.29 is 14.0 Å². The van der Waals surface area contributed by atoms with Gasteiger partial charge < -0.3 is 9.42 Å². The molecule has 4 heteroatoms. The number of hydrogen-bond donors (Lipinski definition) is 1. The fraction of sp³-hybridized carbons (Fsp3) is 0.833. The first-order valence-corrected chi connectivity index (χ1v) is 7.73. The summed E-state index contributed by atoms with van der Waals surface area (Å²) in [6.45, 7) is 0. The van der Waals surface area contributed by atoms with Gasteiger partial charge in [-0.25, -0.2) is 0 Å². The molecule has 1 N–H and O–H groups in total. The maximum absolute atomic E-state index is 11.4. The van der Waals surface area contributed by atoms with E-state index in [1.54, 1.807) is 0 Å². The molecule has 0 amide bonds. The predicted molar refractivity (Wildman–Crippen MR) is 63.0 cm³/mol. The molecular weight excluding hydrogens is 223 g/mol. The Morgan fingerprint density at radius 1 is 1.31 bits per heavy atom. The van der Waals surface area contributed by atoms with Crippen molar-refractivity contribution >= 4 is 7.60 Å². The molecule has 0 radical (unpaired) electrons. The minimum absolute atomic E-state index is 0.308. The molecule has 90 valence electrons. The molecule has 0 aliphatic heterocycles. The summed E-state index contributed by atoms with van der Waals surface area (Å²) < 4.78 is 16.0. The van der Waals surface area contributed by atoms with E-state index >= 15 is 0 Å². The summed E-state index contributed by atoms with van der Waals surface area (Å²) >= 11 is 0. The Bertz CT molecular complexity index is 337. The highest BCUT2D eigenvalue weighted by Gasteiger charge is 2.48. The lowest BCUT2D eigenvalue weighted by atomic mass is 10.1. The summed E-state index contributed by atoms with van der Waals surface area (Å²) in [6.07, 6.45) is 5.48. The van der Waals surface area contributed by atoms with Gasteiger partial charge in [-0.2, -0.15) is 0 Å². The molecular formula is C12H19O3P. The van der Waals surface area contributed by atoms with Gasteiger partial charge >= 0.3 is 7.60 Å². The van der Waals surface area contributed by atoms with E-state index in [2.05, 4.69) is 16.4 Å². The van der Waals surface area contributed by atoms with Crippen molar-refractivity contribution in [1.82, 2.24) is 0 Å². The highest BCUT2D eigenvalue weighted by Crippen LogP contribution is 2.56. The average molecular weight is 242 g/mol. The lowest BCUT2D eigenvalue weighted by Gasteiger charge is -2.07. The van der Waals surface area contributed by atoms with Crippen molar-refractivity contribution in [3.05, 3.63) is 0 Å². The zero-order chi connectivity index (χ0) is 11.6. The molecule has 0 heterocycles. The van der Waals surface area contributed by atoms with Crippen molar-refractivity contribution in [2.45, 2.75) is 32.1 Å². The lowest BCUT2D eigenvalue weighted by molar-refractivity contribution is 0.313. The molecule has 0 bridgehead atoms. The molecule has 16 heavy (non-hydrogen) atoms. The van der Waals surface area contributed by atoms with Crippen molar-refractivity contribution in [2.24, 2.45) is 17.8 Å². The van der Waals surface area contributed by atoms with Crippen LogP contribution in [0.5, 0.6) is 0 Å². The van der Waals surface area contributed by atoms with Crippen molar-refractivity contribution in [2.75, 3.05) is 13.3 Å². The topological polar surface area (TPSA) is 46.5 Å². The largest absolute Gasteiger partial charge is 0.327 e. The van der Waals surface area contributed by atoms with Crippen molar-refractivity contribution in [3.63, 3.8) is 0 Å². The first kappa shape index (κ1) is 12.2. The Kier molecular flexibility index (Phi) is 3.74. The van der Waals surface area contributed by atoms with E-state index in [0.29, 0.717) is 12.1 Å². The van der Waals surface area contributed by atoms with E-state index in [4.69, 9.17) is 0 Å². The third-order valence-corrected chi connectivity index (χ3v) is 5.26. The predicted octanol–water partition coefficient (Wildman–Crippen LogP) is 2.65. The standard InChI is InChI=1S/C12H19O3P/c1-15-16(13,14)9-8-12-10-6-4-2-3-5-7-11(10)12/h10-12H,4-9H2,1H3,(H,13,14). The van der Waals surface area contributed by atoms with Crippen LogP contribution in [0.2, 0.25) is 0 Å². The summed E-state index contributed by atoms with van der Waals surface area (Å²) in [4.78, 5) is 9.35. The van der Waals surface area contributed by atoms with Crippen LogP contribution in [0.3, 0.4) is 0 Å². The van der Waals surface area contributed by atoms with Crippen molar-refractivity contribution in [3.8, 4) is 11.8 Å². The number of rotatable bonds is 4. The van der Waals surface area contributed by atoms with Crippen LogP contribution in [0.1, 0.15) is 32.1 Å². The Hall–Kier alpha value is -0.290. The van der Waals surface area contributed by atoms with Gasteiger partial charge in [-0.15, -0.1) is 11.8 Å². The Balaban J connectivity index is 1.79. The molecule has 1 saturated carbocycles. The molecule has 0 saturated heterocycles. The maximum Gasteiger partial charge on any atom is 0.327 e. The van der Waals surface area contributed by atoms with Crippen LogP contribution < -0.4 is 0 Å². The Morgan fingerprint density at radius 2 is 1.88 bits per heavy atom. The van der Waals surface area contributed by atoms with Gasteiger partial charge in [-0.3, -0.25) is 4.57 Å². The van der Waals surface area contributed by atoms with Gasteiger partial charge in [0, 0.05) is 20.0 Å². The molecule has 0 aromatic carbocycles. The smallest absolute Gasteiger partial charge is 0.324 e. The van der Waals surface area contributed by atoms with Gasteiger partial charge in [0.05, 0.1) is 6.16 Å². The molecule has 3 nitrogen and oxygen atoms in total. The molecule has 2 aliphatic rings. The molecule has 2 aliphatic carbocycles. The maximum atomic E-state index is 11.4. The number of fused-ring (bicyclic) bond motifs is 1. The highest BCUT2D eigenvalue weighted by atomic mass is 31.2. The average Bonchev–Trinajstić information content (AvgIpc) is 2.86.